The van der Waals surface area contributed by atoms with E-state index in [0.717, 1.165) is 43.7 Å². The molecule has 0 aliphatic carbocycles. The topological polar surface area (TPSA) is 58.1 Å². The summed E-state index contributed by atoms with van der Waals surface area (Å²) in [6.07, 6.45) is 1.65. The van der Waals surface area contributed by atoms with Crippen molar-refractivity contribution in [2.45, 2.75) is 26.3 Å². The van der Waals surface area contributed by atoms with Crippen LogP contribution in [0.2, 0.25) is 10.3 Å². The average molecular weight is 379 g/mol. The first-order valence-corrected chi connectivity index (χ1v) is 9.04. The van der Waals surface area contributed by atoms with Gasteiger partial charge < -0.3 is 5.32 Å². The van der Waals surface area contributed by atoms with Crippen molar-refractivity contribution in [1.29, 1.82) is 0 Å². The number of likely N-dealkylation sites (tertiary alicyclic amines) is 1. The van der Waals surface area contributed by atoms with E-state index in [-0.39, 0.29) is 11.8 Å². The molecule has 7 heteroatoms. The SMILES string of the molecule is Cc1cccc(NC(=O)C2CCN(Cc3cc(Cl)nc(Cl)c3)CC2)n1. The second-order valence-corrected chi connectivity index (χ2v) is 7.10. The summed E-state index contributed by atoms with van der Waals surface area (Å²) in [6, 6.07) is 9.28. The standard InChI is InChI=1S/C18H20Cl2N4O/c1-12-3-2-4-17(21-12)23-18(25)14-5-7-24(8-6-14)11-13-9-15(19)22-16(20)10-13/h2-4,9-10,14H,5-8,11H2,1H3,(H,21,23,25). The van der Waals surface area contributed by atoms with Crippen molar-refractivity contribution >= 4 is 34.9 Å². The summed E-state index contributed by atoms with van der Waals surface area (Å²) in [5, 5.41) is 3.73. The Balaban J connectivity index is 1.52. The van der Waals surface area contributed by atoms with Gasteiger partial charge in [-0.25, -0.2) is 9.97 Å². The third-order valence-electron chi connectivity index (χ3n) is 4.33. The van der Waals surface area contributed by atoms with Crippen molar-refractivity contribution in [3.63, 3.8) is 0 Å². The predicted octanol–water partition coefficient (Wildman–Crippen LogP) is 3.94. The Morgan fingerprint density at radius 1 is 1.20 bits per heavy atom. The predicted molar refractivity (Wildman–Crippen MR) is 99.9 cm³/mol. The highest BCUT2D eigenvalue weighted by molar-refractivity contribution is 6.32. The Bertz CT molecular complexity index is 740. The van der Waals surface area contributed by atoms with Gasteiger partial charge in [-0.3, -0.25) is 9.69 Å². The van der Waals surface area contributed by atoms with Gasteiger partial charge in [0.05, 0.1) is 0 Å². The summed E-state index contributed by atoms with van der Waals surface area (Å²) in [5.74, 6) is 0.685. The minimum absolute atomic E-state index is 0.0168. The molecular formula is C18H20Cl2N4O. The third-order valence-corrected chi connectivity index (χ3v) is 4.71. The monoisotopic (exact) mass is 378 g/mol. The van der Waals surface area contributed by atoms with Gasteiger partial charge in [0.2, 0.25) is 5.91 Å². The van der Waals surface area contributed by atoms with Gasteiger partial charge in [0, 0.05) is 18.2 Å². The fourth-order valence-corrected chi connectivity index (χ4v) is 3.56. The van der Waals surface area contributed by atoms with Crippen molar-refractivity contribution in [1.82, 2.24) is 14.9 Å². The van der Waals surface area contributed by atoms with Crippen LogP contribution < -0.4 is 5.32 Å². The van der Waals surface area contributed by atoms with Crippen LogP contribution in [-0.2, 0) is 11.3 Å². The van der Waals surface area contributed by atoms with E-state index in [1.54, 1.807) is 0 Å². The maximum atomic E-state index is 12.4. The van der Waals surface area contributed by atoms with Crippen LogP contribution >= 0.6 is 23.2 Å². The van der Waals surface area contributed by atoms with Crippen molar-refractivity contribution in [3.05, 3.63) is 51.9 Å². The fourth-order valence-electron chi connectivity index (χ4n) is 3.06. The molecule has 132 valence electrons. The number of hydrogen-bond acceptors (Lipinski definition) is 4. The number of hydrogen-bond donors (Lipinski definition) is 1. The van der Waals surface area contributed by atoms with Gasteiger partial charge in [-0.1, -0.05) is 29.3 Å². The molecule has 1 N–H and O–H groups in total. The second-order valence-electron chi connectivity index (χ2n) is 6.32. The van der Waals surface area contributed by atoms with Crippen molar-refractivity contribution < 1.29 is 4.79 Å². The van der Waals surface area contributed by atoms with Crippen LogP contribution in [0.15, 0.2) is 30.3 Å². The summed E-state index contributed by atoms with van der Waals surface area (Å²) in [6.45, 7) is 4.38. The number of anilines is 1. The van der Waals surface area contributed by atoms with Gasteiger partial charge in [0.25, 0.3) is 0 Å². The van der Waals surface area contributed by atoms with Crippen molar-refractivity contribution in [2.75, 3.05) is 18.4 Å². The molecule has 0 bridgehead atoms. The minimum Gasteiger partial charge on any atom is -0.310 e. The molecule has 0 saturated carbocycles. The molecule has 1 aliphatic rings. The van der Waals surface area contributed by atoms with Gasteiger partial charge in [0.1, 0.15) is 16.1 Å². The van der Waals surface area contributed by atoms with Gasteiger partial charge in [-0.05, 0) is 62.7 Å². The van der Waals surface area contributed by atoms with Gasteiger partial charge >= 0.3 is 0 Å². The number of nitrogens with one attached hydrogen (secondary N) is 1. The lowest BCUT2D eigenvalue weighted by Gasteiger charge is -2.31. The number of amides is 1. The van der Waals surface area contributed by atoms with E-state index in [0.29, 0.717) is 16.1 Å². The molecule has 0 aromatic carbocycles. The fraction of sp³-hybridized carbons (Fsp3) is 0.389. The number of aryl methyl sites for hydroxylation is 1. The quantitative estimate of drug-likeness (QED) is 0.818. The number of carbonyl (C=O) groups is 1. The number of carbonyl (C=O) groups excluding carboxylic acids is 1. The van der Waals surface area contributed by atoms with E-state index in [1.165, 1.54) is 0 Å². The Morgan fingerprint density at radius 3 is 2.52 bits per heavy atom. The van der Waals surface area contributed by atoms with Gasteiger partial charge in [0.15, 0.2) is 0 Å². The number of piperidine rings is 1. The highest BCUT2D eigenvalue weighted by Gasteiger charge is 2.25. The Labute approximate surface area is 157 Å². The molecule has 1 aliphatic heterocycles. The van der Waals surface area contributed by atoms with E-state index in [2.05, 4.69) is 20.2 Å². The van der Waals surface area contributed by atoms with E-state index in [1.807, 2.05) is 37.3 Å². The third kappa shape index (κ3) is 5.14. The van der Waals surface area contributed by atoms with E-state index >= 15 is 0 Å². The van der Waals surface area contributed by atoms with Crippen LogP contribution in [0.3, 0.4) is 0 Å². The summed E-state index contributed by atoms with van der Waals surface area (Å²) in [4.78, 5) is 23.0. The zero-order chi connectivity index (χ0) is 17.8. The molecule has 3 rings (SSSR count). The van der Waals surface area contributed by atoms with Crippen LogP contribution in [0.25, 0.3) is 0 Å². The summed E-state index contributed by atoms with van der Waals surface area (Å²) < 4.78 is 0. The number of pyridine rings is 2. The van der Waals surface area contributed by atoms with Crippen molar-refractivity contribution in [2.24, 2.45) is 5.92 Å². The van der Waals surface area contributed by atoms with Crippen LogP contribution in [0.1, 0.15) is 24.1 Å². The van der Waals surface area contributed by atoms with E-state index in [9.17, 15) is 4.79 Å². The molecule has 3 heterocycles. The molecule has 5 nitrogen and oxygen atoms in total. The minimum atomic E-state index is 0.0168. The zero-order valence-corrected chi connectivity index (χ0v) is 15.5. The molecule has 0 atom stereocenters. The first-order chi connectivity index (χ1) is 12.0. The first kappa shape index (κ1) is 18.1. The van der Waals surface area contributed by atoms with Crippen LogP contribution in [0.5, 0.6) is 0 Å². The maximum absolute atomic E-state index is 12.4. The lowest BCUT2D eigenvalue weighted by molar-refractivity contribution is -0.121. The molecule has 0 unspecified atom stereocenters. The lowest BCUT2D eigenvalue weighted by atomic mass is 9.95. The largest absolute Gasteiger partial charge is 0.310 e. The van der Waals surface area contributed by atoms with Crippen LogP contribution in [0, 0.1) is 12.8 Å². The first-order valence-electron chi connectivity index (χ1n) is 8.28. The van der Waals surface area contributed by atoms with Crippen molar-refractivity contribution in [3.8, 4) is 0 Å². The summed E-state index contributed by atoms with van der Waals surface area (Å²) in [5.41, 5.74) is 1.93. The number of halogens is 2. The van der Waals surface area contributed by atoms with E-state index in [4.69, 9.17) is 23.2 Å². The zero-order valence-electron chi connectivity index (χ0n) is 14.0. The van der Waals surface area contributed by atoms with Crippen LogP contribution in [0.4, 0.5) is 5.82 Å². The smallest absolute Gasteiger partial charge is 0.228 e. The average Bonchev–Trinajstić information content (AvgIpc) is 2.54. The number of aromatic nitrogens is 2. The number of rotatable bonds is 4. The molecule has 25 heavy (non-hydrogen) atoms. The molecule has 1 fully saturated rings. The lowest BCUT2D eigenvalue weighted by Crippen LogP contribution is -2.37. The van der Waals surface area contributed by atoms with Crippen LogP contribution in [-0.4, -0.2) is 33.9 Å². The molecule has 2 aromatic heterocycles. The molecule has 1 amide bonds. The highest BCUT2D eigenvalue weighted by atomic mass is 35.5. The van der Waals surface area contributed by atoms with Gasteiger partial charge in [-0.2, -0.15) is 0 Å². The normalized spacial score (nSPS) is 16.0. The maximum Gasteiger partial charge on any atom is 0.228 e. The summed E-state index contributed by atoms with van der Waals surface area (Å²) in [7, 11) is 0. The Kier molecular flexibility index (Phi) is 5.89. The number of nitrogens with zero attached hydrogens (tertiary/aromatic N) is 3. The highest BCUT2D eigenvalue weighted by Crippen LogP contribution is 2.22. The molecule has 1 saturated heterocycles. The second kappa shape index (κ2) is 8.13. The summed E-state index contributed by atoms with van der Waals surface area (Å²) >= 11 is 11.9. The molecular weight excluding hydrogens is 359 g/mol. The Hall–Kier alpha value is -1.69. The Morgan fingerprint density at radius 2 is 1.88 bits per heavy atom. The molecule has 0 spiro atoms. The molecule has 0 radical (unpaired) electrons. The molecule has 2 aromatic rings. The van der Waals surface area contributed by atoms with Gasteiger partial charge in [-0.15, -0.1) is 0 Å². The van der Waals surface area contributed by atoms with E-state index < -0.39 is 0 Å².